The van der Waals surface area contributed by atoms with E-state index in [1.807, 2.05) is 176 Å². The van der Waals surface area contributed by atoms with Crippen LogP contribution in [0.1, 0.15) is 140 Å². The lowest BCUT2D eigenvalue weighted by Gasteiger charge is -2.36. The number of para-hydroxylation sites is 8. The smallest absolute Gasteiger partial charge is 0.342 e. The number of imidazole rings is 1. The maximum Gasteiger partial charge on any atom is 0.342 e. The molecule has 150 heavy (non-hydrogen) atoms. The molecule has 4 aliphatic rings. The summed E-state index contributed by atoms with van der Waals surface area (Å²) in [5.74, 6) is 4.81. The molecule has 10 heterocycles. The number of ether oxygens (including phenoxy) is 3. The lowest BCUT2D eigenvalue weighted by atomic mass is 9.98. The summed E-state index contributed by atoms with van der Waals surface area (Å²) >= 11 is 11.9. The molecule has 11 aromatic carbocycles. The Morgan fingerprint density at radius 3 is 1.66 bits per heavy atom. The number of piperazine rings is 1. The number of furan rings is 1. The van der Waals surface area contributed by atoms with Gasteiger partial charge >= 0.3 is 17.9 Å². The number of likely N-dealkylation sites (tertiary alicyclic amines) is 1. The van der Waals surface area contributed by atoms with Crippen molar-refractivity contribution < 1.29 is 46.5 Å². The Labute approximate surface area is 885 Å². The van der Waals surface area contributed by atoms with Gasteiger partial charge in [-0.05, 0) is 237 Å². The number of pyridine rings is 1. The number of carbonyl (C=O) groups excluding carboxylic acids is 3. The second kappa shape index (κ2) is 50.3. The average Bonchev–Trinajstić information content (AvgIpc) is 1.43. The van der Waals surface area contributed by atoms with Crippen molar-refractivity contribution in [2.75, 3.05) is 126 Å². The molecule has 4 aliphatic heterocycles. The van der Waals surface area contributed by atoms with Crippen molar-refractivity contribution in [1.29, 1.82) is 0 Å². The summed E-state index contributed by atoms with van der Waals surface area (Å²) in [7, 11) is 4.13. The number of sulfonamides is 1. The molecule has 21 rings (SSSR count). The minimum absolute atomic E-state index is 0.0856. The standard InChI is InChI=1S/C23H29N5.C22H26N4.2C19H20ClN3O2.C19H19NO5S.C16H13N3O/c1-16(2)10-11-18-17(3)21(24-4)22-25-19-8-6-7-9-20(19)28(22)23(18)27-14-12-26(5)13-15-27;1-16-8-10-17(11-9-16)21-23-20-7-5-4-6-19(20)22(24-21)26(3)18-12-14-25(2)15-13-18;2*1-13(24)25-12-4-11-21-19-16-5-2-3-6-17(16)22-18(23-19)14-7-9-15(20)10-8-14;1-4-16-18(19(21)24-3)15-11-13(7-10-17(15)25-16)20-26(22,23)14-8-5-12(2)6-9-14;20-10-9-19-14-8-4-1-5-11(14)15-16(19)18-13-7-3-2-6-12(13)17-15/h6-9,16H,10-15H2,1-3,5H3;4-11,18H,12-15H2,1-3H3;2*2-3,5-10,19,21H,4,11-12H2,1H3,(H,22,23);5-11,20H,4H2,1-3H3;1-8,20H,9-10H2. The zero-order chi connectivity index (χ0) is 106. The fraction of sp³-hybridized carbons (Fsp3) is 0.297. The molecule has 0 amide bonds. The van der Waals surface area contributed by atoms with Crippen LogP contribution in [0.4, 0.5) is 34.4 Å². The number of aryl methyl sites for hydroxylation is 3. The number of aliphatic hydroxyl groups excluding tert-OH is 1. The van der Waals surface area contributed by atoms with E-state index in [0.29, 0.717) is 94.9 Å². The quantitative estimate of drug-likeness (QED) is 0.0127. The molecule has 0 radical (unpaired) electrons. The maximum atomic E-state index is 12.6. The van der Waals surface area contributed by atoms with Gasteiger partial charge in [0.25, 0.3) is 10.0 Å². The summed E-state index contributed by atoms with van der Waals surface area (Å²) < 4.78 is 52.4. The van der Waals surface area contributed by atoms with E-state index in [4.69, 9.17) is 83.3 Å². The fourth-order valence-electron chi connectivity index (χ4n) is 18.7. The van der Waals surface area contributed by atoms with Crippen LogP contribution in [0, 0.1) is 33.3 Å². The van der Waals surface area contributed by atoms with Gasteiger partial charge in [-0.15, -0.1) is 0 Å². The van der Waals surface area contributed by atoms with Gasteiger partial charge in [-0.1, -0.05) is 182 Å². The van der Waals surface area contributed by atoms with Gasteiger partial charge in [-0.25, -0.2) is 53.0 Å². The van der Waals surface area contributed by atoms with E-state index in [9.17, 15) is 27.9 Å². The Kier molecular flexibility index (Phi) is 36.1. The second-order valence-corrected chi connectivity index (χ2v) is 40.5. The number of amidine groups is 2. The van der Waals surface area contributed by atoms with Crippen molar-refractivity contribution in [3.63, 3.8) is 0 Å². The van der Waals surface area contributed by atoms with E-state index < -0.39 is 16.0 Å². The Balaban J connectivity index is 0.000000128. The average molecular weight is 2070 g/mol. The van der Waals surface area contributed by atoms with Crippen molar-refractivity contribution in [1.82, 2.24) is 54.3 Å². The molecule has 29 nitrogen and oxygen atoms in total. The SMILES string of the molecule is CC(=O)OCCCNC1N=C(c2ccc(Cl)cc2)Nc2ccccc21.CC(=O)OCCCNC1N=C(c2ccc(Cl)cc2)Nc2ccccc21.CCc1oc2ccc(NS(=O)(=O)c3ccc(C)cc3)cc2c1C(=O)OC.Cc1ccc(-c2nc(N(C)C3CCN(C)CC3)c3ccccc3n2)cc1.OCCn1c2ccccc2c2nc3ccccc3nc21.[C-]#[N+]c1c(C)c(CCC(C)C)c(N2CCN(C)CC2)n2c1nc1ccccc12. The van der Waals surface area contributed by atoms with Gasteiger partial charge in [0, 0.05) is 150 Å². The van der Waals surface area contributed by atoms with Gasteiger partial charge in [0.15, 0.2) is 11.5 Å². The predicted octanol–water partition coefficient (Wildman–Crippen LogP) is 23.0. The van der Waals surface area contributed by atoms with Gasteiger partial charge in [0.2, 0.25) is 5.69 Å². The van der Waals surface area contributed by atoms with Crippen LogP contribution in [0.15, 0.2) is 280 Å². The van der Waals surface area contributed by atoms with E-state index in [2.05, 4.69) is 164 Å². The van der Waals surface area contributed by atoms with Crippen LogP contribution >= 0.6 is 23.2 Å². The number of nitrogens with zero attached hydrogens (tertiary/aromatic N) is 14. The highest BCUT2D eigenvalue weighted by atomic mass is 35.5. The molecular formula is C118H127Cl2N19O10S. The van der Waals surface area contributed by atoms with Gasteiger partial charge in [-0.3, -0.25) is 29.3 Å². The molecule has 0 bridgehead atoms. The summed E-state index contributed by atoms with van der Waals surface area (Å²) in [5, 5.41) is 27.0. The lowest BCUT2D eigenvalue weighted by molar-refractivity contribution is -0.142. The van der Waals surface area contributed by atoms with E-state index >= 15 is 0 Å². The highest BCUT2D eigenvalue weighted by Crippen LogP contribution is 2.42. The number of hydrogen-bond acceptors (Lipinski definition) is 25. The van der Waals surface area contributed by atoms with Crippen LogP contribution in [-0.4, -0.2) is 193 Å². The molecule has 17 aromatic rings. The molecule has 6 N–H and O–H groups in total. The first kappa shape index (κ1) is 108. The predicted molar refractivity (Wildman–Crippen MR) is 604 cm³/mol. The van der Waals surface area contributed by atoms with Gasteiger partial charge in [0.1, 0.15) is 63.7 Å². The number of benzene rings is 11. The molecule has 32 heteroatoms. The summed E-state index contributed by atoms with van der Waals surface area (Å²) in [6, 6.07) is 84.2. The van der Waals surface area contributed by atoms with Crippen molar-refractivity contribution in [3.05, 3.63) is 338 Å². The number of aliphatic hydroxyl groups is 1. The molecule has 6 aromatic heterocycles. The zero-order valence-corrected chi connectivity index (χ0v) is 88.9. The van der Waals surface area contributed by atoms with Crippen LogP contribution in [0.25, 0.3) is 87.9 Å². The van der Waals surface area contributed by atoms with Crippen molar-refractivity contribution in [2.45, 2.75) is 130 Å². The highest BCUT2D eigenvalue weighted by molar-refractivity contribution is 7.92. The number of piperidine rings is 1. The van der Waals surface area contributed by atoms with Gasteiger partial charge in [-0.2, -0.15) is 0 Å². The normalized spacial score (nSPS) is 14.5. The fourth-order valence-corrected chi connectivity index (χ4v) is 20.0. The summed E-state index contributed by atoms with van der Waals surface area (Å²) in [6.07, 6.45) is 6.14. The first-order valence-corrected chi connectivity index (χ1v) is 53.0. The molecule has 2 saturated heterocycles. The van der Waals surface area contributed by atoms with Crippen LogP contribution < -0.4 is 35.8 Å². The first-order valence-electron chi connectivity index (χ1n) is 50.7. The monoisotopic (exact) mass is 2070 g/mol. The number of nitrogens with one attached hydrogen (secondary N) is 5. The molecule has 774 valence electrons. The Bertz CT molecular complexity index is 7740. The molecule has 2 fully saturated rings. The van der Waals surface area contributed by atoms with Crippen molar-refractivity contribution in [2.24, 2.45) is 15.9 Å². The Morgan fingerprint density at radius 1 is 0.587 bits per heavy atom. The topological polar surface area (TPSA) is 322 Å². The third kappa shape index (κ3) is 26.3. The van der Waals surface area contributed by atoms with Gasteiger partial charge < -0.3 is 58.5 Å². The number of methoxy groups -OCH3 is 1. The largest absolute Gasteiger partial charge is 0.466 e. The number of rotatable bonds is 26. The number of aliphatic imine (C=N–C) groups is 2. The van der Waals surface area contributed by atoms with E-state index in [-0.39, 0.29) is 35.8 Å². The van der Waals surface area contributed by atoms with E-state index in [0.717, 1.165) is 199 Å². The summed E-state index contributed by atoms with van der Waals surface area (Å²) in [5.41, 5.74) is 22.2. The molecule has 0 aliphatic carbocycles. The molecule has 0 spiro atoms. The first-order chi connectivity index (χ1) is 72.6. The molecule has 2 atom stereocenters. The summed E-state index contributed by atoms with van der Waals surface area (Å²) in [4.78, 5) is 81.2. The number of aromatic nitrogens is 7. The molecule has 0 saturated carbocycles. The van der Waals surface area contributed by atoms with Crippen LogP contribution in [-0.2, 0) is 53.2 Å². The molecule has 2 unspecified atom stereocenters. The molecular weight excluding hydrogens is 1950 g/mol. The number of hydrogen-bond donors (Lipinski definition) is 6. The second-order valence-electron chi connectivity index (χ2n) is 37.9. The third-order valence-electron chi connectivity index (χ3n) is 26.7. The van der Waals surface area contributed by atoms with Crippen LogP contribution in [0.5, 0.6) is 0 Å². The Morgan fingerprint density at radius 2 is 1.10 bits per heavy atom. The summed E-state index contributed by atoms with van der Waals surface area (Å²) in [6.45, 7) is 32.4. The number of carbonyl (C=O) groups is 3. The lowest BCUT2D eigenvalue weighted by Crippen LogP contribution is -2.45. The number of esters is 3. The van der Waals surface area contributed by atoms with Crippen LogP contribution in [0.3, 0.4) is 0 Å². The number of anilines is 5. The third-order valence-corrected chi connectivity index (χ3v) is 28.6. The van der Waals surface area contributed by atoms with E-state index in [1.165, 1.54) is 50.7 Å². The minimum Gasteiger partial charge on any atom is -0.466 e. The Hall–Kier alpha value is -15.0. The number of likely N-dealkylation sites (N-methyl/N-ethyl adjacent to an activating group) is 1. The van der Waals surface area contributed by atoms with E-state index in [1.54, 1.807) is 42.5 Å². The number of halogens is 2. The highest BCUT2D eigenvalue weighted by Gasteiger charge is 2.31. The van der Waals surface area contributed by atoms with Crippen molar-refractivity contribution in [3.8, 4) is 11.4 Å². The van der Waals surface area contributed by atoms with Gasteiger partial charge in [0.05, 0.1) is 71.5 Å². The minimum atomic E-state index is -3.73. The maximum absolute atomic E-state index is 12.6. The van der Waals surface area contributed by atoms with Crippen molar-refractivity contribution >= 4 is 169 Å². The number of fused-ring (bicyclic) bond motifs is 11. The van der Waals surface area contributed by atoms with Crippen LogP contribution in [0.2, 0.25) is 10.0 Å². The zero-order valence-electron chi connectivity index (χ0n) is 86.6.